The van der Waals surface area contributed by atoms with Crippen LogP contribution in [-0.4, -0.2) is 63.8 Å². The van der Waals surface area contributed by atoms with Crippen molar-refractivity contribution in [2.24, 2.45) is 11.5 Å². The number of carbonyl (C=O) groups is 1. The number of nitrogens with zero attached hydrogens (tertiary/aromatic N) is 1. The molecule has 0 aromatic rings. The van der Waals surface area contributed by atoms with Gasteiger partial charge >= 0.3 is 5.97 Å². The normalized spacial score (nSPS) is 10.7. The molecule has 0 saturated heterocycles. The smallest absolute Gasteiger partial charge is 0.319 e. The Morgan fingerprint density at radius 3 is 2.33 bits per heavy atom. The topological polar surface area (TPSA) is 93.6 Å². The van der Waals surface area contributed by atoms with Crippen molar-refractivity contribution in [2.45, 2.75) is 0 Å². The van der Waals surface area contributed by atoms with Gasteiger partial charge in [-0.05, 0) is 0 Å². The van der Waals surface area contributed by atoms with Gasteiger partial charge in [0, 0.05) is 39.3 Å². The van der Waals surface area contributed by atoms with Crippen molar-refractivity contribution in [3.05, 3.63) is 0 Å². The van der Waals surface area contributed by atoms with Crippen molar-refractivity contribution in [1.82, 2.24) is 10.2 Å². The van der Waals surface area contributed by atoms with E-state index in [9.17, 15) is 4.79 Å². The van der Waals surface area contributed by atoms with E-state index in [4.69, 9.17) is 11.5 Å². The number of rotatable bonds is 9. The van der Waals surface area contributed by atoms with Crippen LogP contribution in [0.15, 0.2) is 0 Å². The lowest BCUT2D eigenvalue weighted by atomic mass is 10.4. The zero-order valence-corrected chi connectivity index (χ0v) is 9.37. The molecular formula is C9H22N4O2. The quantitative estimate of drug-likeness (QED) is 0.305. The maximum atomic E-state index is 10.8. The summed E-state index contributed by atoms with van der Waals surface area (Å²) in [6.45, 7) is 4.72. The largest absolute Gasteiger partial charge is 0.468 e. The molecule has 0 rings (SSSR count). The van der Waals surface area contributed by atoms with Crippen LogP contribution < -0.4 is 16.8 Å². The Morgan fingerprint density at radius 1 is 1.27 bits per heavy atom. The number of nitrogens with two attached hydrogens (primary N) is 2. The van der Waals surface area contributed by atoms with E-state index in [2.05, 4.69) is 15.0 Å². The molecule has 0 atom stereocenters. The molecule has 0 aliphatic rings. The molecule has 0 aromatic carbocycles. The van der Waals surface area contributed by atoms with Crippen LogP contribution in [-0.2, 0) is 9.53 Å². The summed E-state index contributed by atoms with van der Waals surface area (Å²) < 4.78 is 4.50. The fourth-order valence-electron chi connectivity index (χ4n) is 1.20. The van der Waals surface area contributed by atoms with Gasteiger partial charge in [0.25, 0.3) is 0 Å². The van der Waals surface area contributed by atoms with Gasteiger partial charge in [0.15, 0.2) is 0 Å². The average molecular weight is 218 g/mol. The van der Waals surface area contributed by atoms with Gasteiger partial charge in [-0.15, -0.1) is 0 Å². The molecule has 0 radical (unpaired) electrons. The van der Waals surface area contributed by atoms with Crippen molar-refractivity contribution in [3.63, 3.8) is 0 Å². The summed E-state index contributed by atoms with van der Waals surface area (Å²) in [5.41, 5.74) is 10.9. The lowest BCUT2D eigenvalue weighted by Crippen LogP contribution is -2.39. The molecule has 5 N–H and O–H groups in total. The Balaban J connectivity index is 3.48. The zero-order valence-electron chi connectivity index (χ0n) is 9.37. The Bertz CT molecular complexity index is 160. The number of ether oxygens (including phenoxy) is 1. The first-order valence-corrected chi connectivity index (χ1v) is 5.14. The number of nitrogens with one attached hydrogen (secondary N) is 1. The maximum Gasteiger partial charge on any atom is 0.319 e. The average Bonchev–Trinajstić information content (AvgIpc) is 2.24. The molecule has 15 heavy (non-hydrogen) atoms. The van der Waals surface area contributed by atoms with E-state index in [1.807, 2.05) is 0 Å². The van der Waals surface area contributed by atoms with E-state index in [0.29, 0.717) is 13.1 Å². The van der Waals surface area contributed by atoms with Crippen molar-refractivity contribution >= 4 is 5.97 Å². The summed E-state index contributed by atoms with van der Waals surface area (Å²) in [6.07, 6.45) is 0. The minimum atomic E-state index is -0.251. The van der Waals surface area contributed by atoms with Crippen molar-refractivity contribution in [2.75, 3.05) is 52.9 Å². The molecule has 0 amide bonds. The fourth-order valence-corrected chi connectivity index (χ4v) is 1.20. The first-order valence-electron chi connectivity index (χ1n) is 5.14. The summed E-state index contributed by atoms with van der Waals surface area (Å²) in [7, 11) is 1.37. The molecule has 6 nitrogen and oxygen atoms in total. The Labute approximate surface area is 90.9 Å². The fraction of sp³-hybridized carbons (Fsp3) is 0.889. The summed E-state index contributed by atoms with van der Waals surface area (Å²) in [5, 5.41) is 2.99. The molecule has 0 spiro atoms. The van der Waals surface area contributed by atoms with Gasteiger partial charge in [-0.1, -0.05) is 0 Å². The highest BCUT2D eigenvalue weighted by atomic mass is 16.5. The molecule has 0 heterocycles. The molecule has 0 fully saturated rings. The lowest BCUT2D eigenvalue weighted by molar-refractivity contribution is -0.139. The summed E-state index contributed by atoms with van der Waals surface area (Å²) >= 11 is 0. The molecule has 6 heteroatoms. The maximum absolute atomic E-state index is 10.8. The minimum absolute atomic E-state index is 0.246. The van der Waals surface area contributed by atoms with E-state index in [1.165, 1.54) is 7.11 Å². The molecular weight excluding hydrogens is 196 g/mol. The predicted molar refractivity (Wildman–Crippen MR) is 59.4 cm³/mol. The van der Waals surface area contributed by atoms with Crippen LogP contribution in [0, 0.1) is 0 Å². The Kier molecular flexibility index (Phi) is 9.40. The molecule has 0 unspecified atom stereocenters. The molecule has 0 aliphatic heterocycles. The standard InChI is InChI=1S/C9H22N4O2/c1-15-9(14)8-12-4-7-13(5-2-10)6-3-11/h12H,2-8,10-11H2,1H3. The van der Waals surface area contributed by atoms with E-state index in [1.54, 1.807) is 0 Å². The third-order valence-electron chi connectivity index (χ3n) is 1.99. The van der Waals surface area contributed by atoms with Crippen LogP contribution in [0.4, 0.5) is 0 Å². The minimum Gasteiger partial charge on any atom is -0.468 e. The third-order valence-corrected chi connectivity index (χ3v) is 1.99. The van der Waals surface area contributed by atoms with Crippen molar-refractivity contribution in [1.29, 1.82) is 0 Å². The second kappa shape index (κ2) is 9.85. The predicted octanol–water partition coefficient (Wildman–Crippen LogP) is -2.03. The number of esters is 1. The van der Waals surface area contributed by atoms with Gasteiger partial charge in [0.2, 0.25) is 0 Å². The van der Waals surface area contributed by atoms with Gasteiger partial charge < -0.3 is 21.5 Å². The van der Waals surface area contributed by atoms with Crippen molar-refractivity contribution < 1.29 is 9.53 Å². The highest BCUT2D eigenvalue weighted by molar-refractivity contribution is 5.71. The van der Waals surface area contributed by atoms with Crippen LogP contribution in [0.25, 0.3) is 0 Å². The Hall–Kier alpha value is -0.690. The van der Waals surface area contributed by atoms with Gasteiger partial charge in [0.1, 0.15) is 0 Å². The summed E-state index contributed by atoms with van der Waals surface area (Å²) in [5.74, 6) is -0.251. The van der Waals surface area contributed by atoms with Crippen LogP contribution in [0.2, 0.25) is 0 Å². The molecule has 0 bridgehead atoms. The number of methoxy groups -OCH3 is 1. The summed E-state index contributed by atoms with van der Waals surface area (Å²) in [4.78, 5) is 12.9. The molecule has 90 valence electrons. The number of hydrogen-bond acceptors (Lipinski definition) is 6. The van der Waals surface area contributed by atoms with Crippen molar-refractivity contribution in [3.8, 4) is 0 Å². The van der Waals surface area contributed by atoms with Crippen LogP contribution in [0.5, 0.6) is 0 Å². The third kappa shape index (κ3) is 8.31. The SMILES string of the molecule is COC(=O)CNCCN(CCN)CCN. The molecule has 0 saturated carbocycles. The monoisotopic (exact) mass is 218 g/mol. The lowest BCUT2D eigenvalue weighted by Gasteiger charge is -2.20. The van der Waals surface area contributed by atoms with Gasteiger partial charge in [-0.2, -0.15) is 0 Å². The van der Waals surface area contributed by atoms with E-state index in [-0.39, 0.29) is 12.5 Å². The second-order valence-electron chi connectivity index (χ2n) is 3.17. The van der Waals surface area contributed by atoms with E-state index >= 15 is 0 Å². The molecule has 0 aliphatic carbocycles. The van der Waals surface area contributed by atoms with Crippen LogP contribution in [0.1, 0.15) is 0 Å². The van der Waals surface area contributed by atoms with Crippen LogP contribution in [0.3, 0.4) is 0 Å². The summed E-state index contributed by atoms with van der Waals surface area (Å²) in [6, 6.07) is 0. The highest BCUT2D eigenvalue weighted by Gasteiger charge is 2.03. The number of carbonyl (C=O) groups excluding carboxylic acids is 1. The first-order chi connectivity index (χ1) is 7.24. The van der Waals surface area contributed by atoms with Gasteiger partial charge in [-0.25, -0.2) is 0 Å². The highest BCUT2D eigenvalue weighted by Crippen LogP contribution is 1.83. The van der Waals surface area contributed by atoms with Gasteiger partial charge in [-0.3, -0.25) is 9.69 Å². The zero-order chi connectivity index (χ0) is 11.5. The Morgan fingerprint density at radius 2 is 1.87 bits per heavy atom. The number of hydrogen-bond donors (Lipinski definition) is 3. The van der Waals surface area contributed by atoms with E-state index in [0.717, 1.165) is 26.2 Å². The van der Waals surface area contributed by atoms with Gasteiger partial charge in [0.05, 0.1) is 13.7 Å². The van der Waals surface area contributed by atoms with E-state index < -0.39 is 0 Å². The molecule has 0 aromatic heterocycles. The second-order valence-corrected chi connectivity index (χ2v) is 3.17. The van der Waals surface area contributed by atoms with Crippen LogP contribution >= 0.6 is 0 Å². The first kappa shape index (κ1) is 14.3.